The Bertz CT molecular complexity index is 561. The molecule has 2 N–H and O–H groups in total. The molecular weight excluding hydrogens is 234 g/mol. The molecule has 0 aliphatic carbocycles. The zero-order valence-corrected chi connectivity index (χ0v) is 11.3. The van der Waals surface area contributed by atoms with Crippen LogP contribution in [0.1, 0.15) is 31.4 Å². The first-order valence-electron chi connectivity index (χ1n) is 7.15. The van der Waals surface area contributed by atoms with E-state index >= 15 is 0 Å². The lowest BCUT2D eigenvalue weighted by Gasteiger charge is -2.32. The summed E-state index contributed by atoms with van der Waals surface area (Å²) in [4.78, 5) is 0. The molecule has 3 rings (SSSR count). The van der Waals surface area contributed by atoms with Crippen LogP contribution in [0.2, 0.25) is 0 Å². The monoisotopic (exact) mass is 255 g/mol. The van der Waals surface area contributed by atoms with E-state index in [1.807, 2.05) is 24.3 Å². The van der Waals surface area contributed by atoms with E-state index in [-0.39, 0.29) is 6.04 Å². The molecule has 2 aromatic carbocycles. The fourth-order valence-corrected chi connectivity index (χ4v) is 3.12. The fourth-order valence-electron chi connectivity index (χ4n) is 3.12. The minimum Gasteiger partial charge on any atom is -0.387 e. The minimum absolute atomic E-state index is 0.176. The summed E-state index contributed by atoms with van der Waals surface area (Å²) in [5, 5.41) is 16.5. The van der Waals surface area contributed by atoms with Crippen molar-refractivity contribution in [1.82, 2.24) is 5.32 Å². The Morgan fingerprint density at radius 1 is 1.16 bits per heavy atom. The van der Waals surface area contributed by atoms with Crippen LogP contribution < -0.4 is 5.32 Å². The van der Waals surface area contributed by atoms with E-state index in [1.54, 1.807) is 0 Å². The fraction of sp³-hybridized carbons (Fsp3) is 0.412. The van der Waals surface area contributed by atoms with Crippen molar-refractivity contribution >= 4 is 10.8 Å². The lowest BCUT2D eigenvalue weighted by Crippen LogP contribution is -2.41. The molecule has 0 spiro atoms. The van der Waals surface area contributed by atoms with Crippen LogP contribution in [-0.2, 0) is 0 Å². The molecule has 1 aliphatic rings. The Morgan fingerprint density at radius 2 is 1.95 bits per heavy atom. The van der Waals surface area contributed by atoms with Gasteiger partial charge in [-0.25, -0.2) is 0 Å². The molecule has 19 heavy (non-hydrogen) atoms. The zero-order chi connectivity index (χ0) is 13.2. The highest BCUT2D eigenvalue weighted by Crippen LogP contribution is 2.30. The molecule has 3 unspecified atom stereocenters. The number of aliphatic hydroxyl groups excluding tert-OH is 1. The van der Waals surface area contributed by atoms with Crippen molar-refractivity contribution in [3.63, 3.8) is 0 Å². The number of piperidine rings is 1. The minimum atomic E-state index is -0.422. The van der Waals surface area contributed by atoms with Crippen molar-refractivity contribution in [2.24, 2.45) is 5.92 Å². The highest BCUT2D eigenvalue weighted by molar-refractivity contribution is 5.86. The molecule has 3 atom stereocenters. The van der Waals surface area contributed by atoms with Gasteiger partial charge in [-0.1, -0.05) is 49.4 Å². The number of rotatable bonds is 2. The Balaban J connectivity index is 1.95. The first-order chi connectivity index (χ1) is 9.25. The first kappa shape index (κ1) is 12.6. The molecule has 100 valence electrons. The van der Waals surface area contributed by atoms with Gasteiger partial charge in [0.25, 0.3) is 0 Å². The van der Waals surface area contributed by atoms with Crippen LogP contribution >= 0.6 is 0 Å². The number of hydrogen-bond donors (Lipinski definition) is 2. The molecule has 2 heteroatoms. The van der Waals surface area contributed by atoms with Gasteiger partial charge in [0.05, 0.1) is 6.10 Å². The summed E-state index contributed by atoms with van der Waals surface area (Å²) in [7, 11) is 0. The Kier molecular flexibility index (Phi) is 3.54. The lowest BCUT2D eigenvalue weighted by molar-refractivity contribution is 0.103. The molecule has 0 saturated carbocycles. The molecule has 1 heterocycles. The molecule has 0 amide bonds. The third kappa shape index (κ3) is 2.51. The van der Waals surface area contributed by atoms with E-state index in [2.05, 4.69) is 30.4 Å². The molecule has 1 saturated heterocycles. The number of aliphatic hydroxyl groups is 1. The predicted molar refractivity (Wildman–Crippen MR) is 79.1 cm³/mol. The molecule has 1 fully saturated rings. The van der Waals surface area contributed by atoms with Gasteiger partial charge in [-0.05, 0) is 41.6 Å². The van der Waals surface area contributed by atoms with Gasteiger partial charge in [-0.3, -0.25) is 0 Å². The van der Waals surface area contributed by atoms with E-state index < -0.39 is 6.10 Å². The van der Waals surface area contributed by atoms with Crippen molar-refractivity contribution in [3.8, 4) is 0 Å². The summed E-state index contributed by atoms with van der Waals surface area (Å²) in [6.45, 7) is 3.28. The topological polar surface area (TPSA) is 32.3 Å². The highest BCUT2D eigenvalue weighted by atomic mass is 16.3. The smallest absolute Gasteiger partial charge is 0.0949 e. The summed E-state index contributed by atoms with van der Waals surface area (Å²) in [5.74, 6) is 0.691. The average molecular weight is 255 g/mol. The number of benzene rings is 2. The number of fused-ring (bicyclic) bond motifs is 1. The van der Waals surface area contributed by atoms with Crippen LogP contribution in [0.3, 0.4) is 0 Å². The van der Waals surface area contributed by atoms with Crippen LogP contribution in [0.5, 0.6) is 0 Å². The molecule has 2 nitrogen and oxygen atoms in total. The Labute approximate surface area is 114 Å². The van der Waals surface area contributed by atoms with Crippen molar-refractivity contribution in [2.75, 3.05) is 6.54 Å². The SMILES string of the molecule is CC1CCNC(C(O)c2cccc3ccccc23)C1. The first-order valence-corrected chi connectivity index (χ1v) is 7.15. The number of hydrogen-bond acceptors (Lipinski definition) is 2. The van der Waals surface area contributed by atoms with Gasteiger partial charge in [0.2, 0.25) is 0 Å². The second-order valence-corrected chi connectivity index (χ2v) is 5.70. The highest BCUT2D eigenvalue weighted by Gasteiger charge is 2.26. The van der Waals surface area contributed by atoms with Crippen LogP contribution in [0.15, 0.2) is 42.5 Å². The zero-order valence-electron chi connectivity index (χ0n) is 11.3. The van der Waals surface area contributed by atoms with Gasteiger partial charge < -0.3 is 10.4 Å². The van der Waals surface area contributed by atoms with Gasteiger partial charge in [0, 0.05) is 6.04 Å². The largest absolute Gasteiger partial charge is 0.387 e. The summed E-state index contributed by atoms with van der Waals surface area (Å²) < 4.78 is 0. The van der Waals surface area contributed by atoms with Gasteiger partial charge in [-0.2, -0.15) is 0 Å². The maximum Gasteiger partial charge on any atom is 0.0949 e. The molecule has 0 bridgehead atoms. The van der Waals surface area contributed by atoms with E-state index in [1.165, 1.54) is 11.8 Å². The van der Waals surface area contributed by atoms with E-state index in [9.17, 15) is 5.11 Å². The van der Waals surface area contributed by atoms with Gasteiger partial charge in [-0.15, -0.1) is 0 Å². The van der Waals surface area contributed by atoms with Crippen molar-refractivity contribution in [2.45, 2.75) is 31.9 Å². The molecule has 0 radical (unpaired) electrons. The number of nitrogens with one attached hydrogen (secondary N) is 1. The third-order valence-electron chi connectivity index (χ3n) is 4.22. The average Bonchev–Trinajstić information content (AvgIpc) is 2.46. The summed E-state index contributed by atoms with van der Waals surface area (Å²) in [6.07, 6.45) is 1.83. The van der Waals surface area contributed by atoms with E-state index in [4.69, 9.17) is 0 Å². The molecule has 0 aromatic heterocycles. The van der Waals surface area contributed by atoms with Crippen molar-refractivity contribution in [3.05, 3.63) is 48.0 Å². The molecular formula is C17H21NO. The summed E-state index contributed by atoms with van der Waals surface area (Å²) in [6, 6.07) is 14.6. The van der Waals surface area contributed by atoms with Crippen LogP contribution in [0.4, 0.5) is 0 Å². The van der Waals surface area contributed by atoms with E-state index in [0.717, 1.165) is 23.9 Å². The Hall–Kier alpha value is -1.38. The maximum absolute atomic E-state index is 10.7. The summed E-state index contributed by atoms with van der Waals surface area (Å²) in [5.41, 5.74) is 1.05. The predicted octanol–water partition coefficient (Wildman–Crippen LogP) is 3.26. The van der Waals surface area contributed by atoms with Gasteiger partial charge in [0.15, 0.2) is 0 Å². The maximum atomic E-state index is 10.7. The lowest BCUT2D eigenvalue weighted by atomic mass is 9.87. The second kappa shape index (κ2) is 5.32. The van der Waals surface area contributed by atoms with Gasteiger partial charge in [0.1, 0.15) is 0 Å². The third-order valence-corrected chi connectivity index (χ3v) is 4.22. The standard InChI is InChI=1S/C17H21NO/c1-12-9-10-18-16(11-12)17(19)15-8-4-6-13-5-2-3-7-14(13)15/h2-8,12,16-19H,9-11H2,1H3. The molecule has 2 aromatic rings. The van der Waals surface area contributed by atoms with Crippen LogP contribution in [-0.4, -0.2) is 17.7 Å². The molecule has 1 aliphatic heterocycles. The van der Waals surface area contributed by atoms with Crippen LogP contribution in [0, 0.1) is 5.92 Å². The normalized spacial score (nSPS) is 25.4. The summed E-state index contributed by atoms with van der Waals surface area (Å²) >= 11 is 0. The Morgan fingerprint density at radius 3 is 2.79 bits per heavy atom. The second-order valence-electron chi connectivity index (χ2n) is 5.70. The van der Waals surface area contributed by atoms with Crippen LogP contribution in [0.25, 0.3) is 10.8 Å². The van der Waals surface area contributed by atoms with Gasteiger partial charge >= 0.3 is 0 Å². The van der Waals surface area contributed by atoms with Crippen molar-refractivity contribution in [1.29, 1.82) is 0 Å². The quantitative estimate of drug-likeness (QED) is 0.863. The van der Waals surface area contributed by atoms with Crippen molar-refractivity contribution < 1.29 is 5.11 Å². The van der Waals surface area contributed by atoms with E-state index in [0.29, 0.717) is 5.92 Å².